The summed E-state index contributed by atoms with van der Waals surface area (Å²) < 4.78 is 52.7. The number of esters is 2. The molecule has 14 nitrogen and oxygen atoms in total. The molecule has 29 rings (SSSR count). The molecule has 0 bridgehead atoms. The monoisotopic (exact) mass is 1720 g/mol. The van der Waals surface area contributed by atoms with E-state index in [9.17, 15) is 9.59 Å². The maximum Gasteiger partial charge on any atom is 0.337 e. The SMILES string of the molecule is COC(=O)c1ccc2c3c(ccc2c1)Oc1ccc2c4c(c5ccccc5c-3c14)-c1c(ccc3cc(C(=O)OC)ccc13)O2.c1cc(-c2nc3ccccc3s2)c2c(c1)-c1c3ccccc3c3c4c(ccc(c14)O2)Oc1c(-c2nc4ccccc4s2)cccc1-3.c1ccc2c3c4c(ccc5c4c(c2c1)-c1ccc(C2CCNCC2)cc1O5)Oc1cc(C2CCNCC2)ccc1-3. The van der Waals surface area contributed by atoms with Gasteiger partial charge in [0.25, 0.3) is 0 Å². The number of hydrogen-bond acceptors (Lipinski definition) is 16. The van der Waals surface area contributed by atoms with E-state index in [1.807, 2.05) is 72.8 Å². The van der Waals surface area contributed by atoms with Gasteiger partial charge in [0.2, 0.25) is 0 Å². The molecular weight excluding hydrogens is 1650 g/mol. The summed E-state index contributed by atoms with van der Waals surface area (Å²) in [7, 11) is 2.77. The first-order valence-electron chi connectivity index (χ1n) is 44.3. The number of rotatable bonds is 6. The first-order valence-corrected chi connectivity index (χ1v) is 45.9. The molecule has 2 N–H and O–H groups in total. The summed E-state index contributed by atoms with van der Waals surface area (Å²) in [6.45, 7) is 4.34. The van der Waals surface area contributed by atoms with Crippen molar-refractivity contribution in [3.63, 3.8) is 0 Å². The Morgan fingerprint density at radius 3 is 1.01 bits per heavy atom. The van der Waals surface area contributed by atoms with Crippen molar-refractivity contribution in [1.82, 2.24) is 20.6 Å². The molecule has 0 aliphatic carbocycles. The summed E-state index contributed by atoms with van der Waals surface area (Å²) >= 11 is 3.39. The number of carbonyl (C=O) groups excluding carboxylic acids is 2. The van der Waals surface area contributed by atoms with Crippen LogP contribution in [0.5, 0.6) is 69.0 Å². The Bertz CT molecular complexity index is 8080. The van der Waals surface area contributed by atoms with Gasteiger partial charge in [-0.05, 0) is 250 Å². The van der Waals surface area contributed by atoms with Crippen LogP contribution in [0.2, 0.25) is 0 Å². The number of benzene rings is 19. The topological polar surface area (TPSA) is 158 Å². The van der Waals surface area contributed by atoms with Crippen molar-refractivity contribution in [2.75, 3.05) is 40.4 Å². The molecule has 0 radical (unpaired) electrons. The summed E-state index contributed by atoms with van der Waals surface area (Å²) in [5.41, 5.74) is 21.2. The molecule has 2 aromatic heterocycles. The van der Waals surface area contributed by atoms with Crippen LogP contribution in [0.3, 0.4) is 0 Å². The minimum absolute atomic E-state index is 0.378. The van der Waals surface area contributed by atoms with E-state index < -0.39 is 0 Å². The quantitative estimate of drug-likeness (QED) is 0.120. The average molecular weight is 1720 g/mol. The minimum Gasteiger partial charge on any atom is -0.465 e. The third kappa shape index (κ3) is 11.3. The molecule has 19 aromatic carbocycles. The Labute approximate surface area is 752 Å². The largest absolute Gasteiger partial charge is 0.465 e. The number of piperidine rings is 2. The van der Waals surface area contributed by atoms with E-state index in [4.69, 9.17) is 47.9 Å². The number of thiazole rings is 2. The van der Waals surface area contributed by atoms with Crippen LogP contribution in [-0.2, 0) is 9.47 Å². The number of carbonyl (C=O) groups is 2. The lowest BCUT2D eigenvalue weighted by Crippen LogP contribution is -2.26. The average Bonchev–Trinajstić information content (AvgIpc) is 1.55. The van der Waals surface area contributed by atoms with Gasteiger partial charge in [0.05, 0.1) is 56.9 Å². The molecule has 2 saturated heterocycles. The fourth-order valence-corrected chi connectivity index (χ4v) is 23.8. The van der Waals surface area contributed by atoms with Crippen LogP contribution in [-0.4, -0.2) is 62.3 Å². The van der Waals surface area contributed by atoms with Gasteiger partial charge in [0.1, 0.15) is 79.0 Å². The highest BCUT2D eigenvalue weighted by Crippen LogP contribution is 2.65. The second kappa shape index (κ2) is 29.1. The molecule has 2 fully saturated rings. The van der Waals surface area contributed by atoms with Crippen LogP contribution in [0.4, 0.5) is 0 Å². The fraction of sp³-hybridized carbons (Fsp3) is 0.105. The molecular formula is C114H74N4O10S2. The van der Waals surface area contributed by atoms with Crippen LogP contribution < -0.4 is 39.1 Å². The maximum atomic E-state index is 12.3. The lowest BCUT2D eigenvalue weighted by atomic mass is 9.80. The van der Waals surface area contributed by atoms with Gasteiger partial charge in [-0.15, -0.1) is 22.7 Å². The van der Waals surface area contributed by atoms with Gasteiger partial charge >= 0.3 is 11.9 Å². The Morgan fingerprint density at radius 1 is 0.292 bits per heavy atom. The number of fused-ring (bicyclic) bond motifs is 27. The summed E-state index contributed by atoms with van der Waals surface area (Å²) in [5, 5.41) is 26.2. The van der Waals surface area contributed by atoms with Crippen molar-refractivity contribution < 1.29 is 47.5 Å². The van der Waals surface area contributed by atoms with Crippen molar-refractivity contribution in [1.29, 1.82) is 0 Å². The fourth-order valence-electron chi connectivity index (χ4n) is 21.9. The second-order valence-electron chi connectivity index (χ2n) is 34.6. The Balaban J connectivity index is 0.000000101. The van der Waals surface area contributed by atoms with Gasteiger partial charge in [0.15, 0.2) is 0 Å². The van der Waals surface area contributed by atoms with Crippen molar-refractivity contribution in [2.24, 2.45) is 0 Å². The number of nitrogens with one attached hydrogen (secondary N) is 2. The number of methoxy groups -OCH3 is 2. The molecule has 10 heterocycles. The van der Waals surface area contributed by atoms with Gasteiger partial charge in [-0.1, -0.05) is 170 Å². The summed E-state index contributed by atoms with van der Waals surface area (Å²) in [6.07, 6.45) is 4.71. The van der Waals surface area contributed by atoms with E-state index in [-0.39, 0.29) is 11.9 Å². The number of nitrogens with zero attached hydrogens (tertiary/aromatic N) is 2. The zero-order valence-corrected chi connectivity index (χ0v) is 72.0. The predicted molar refractivity (Wildman–Crippen MR) is 522 cm³/mol. The molecule has 8 aliphatic rings. The summed E-state index contributed by atoms with van der Waals surface area (Å²) in [4.78, 5) is 34.7. The van der Waals surface area contributed by atoms with Crippen LogP contribution >= 0.6 is 22.7 Å². The molecule has 8 aliphatic heterocycles. The number of ether oxygens (including phenoxy) is 8. The lowest BCUT2D eigenvalue weighted by molar-refractivity contribution is 0.0592. The number of aromatic nitrogens is 2. The van der Waals surface area contributed by atoms with Crippen LogP contribution in [0, 0.1) is 0 Å². The summed E-state index contributed by atoms with van der Waals surface area (Å²) in [5.74, 6) is 10.6. The molecule has 130 heavy (non-hydrogen) atoms. The molecule has 0 spiro atoms. The van der Waals surface area contributed by atoms with Crippen LogP contribution in [0.1, 0.15) is 69.4 Å². The van der Waals surface area contributed by atoms with Crippen molar-refractivity contribution >= 4 is 141 Å². The van der Waals surface area contributed by atoms with E-state index in [0.717, 1.165) is 224 Å². The third-order valence-corrected chi connectivity index (χ3v) is 29.8. The molecule has 0 atom stereocenters. The highest BCUT2D eigenvalue weighted by molar-refractivity contribution is 7.22. The van der Waals surface area contributed by atoms with E-state index >= 15 is 0 Å². The van der Waals surface area contributed by atoms with Gasteiger partial charge in [-0.3, -0.25) is 0 Å². The Kier molecular flexibility index (Phi) is 16.8. The van der Waals surface area contributed by atoms with E-state index in [1.165, 1.54) is 117 Å². The zero-order chi connectivity index (χ0) is 85.8. The maximum absolute atomic E-state index is 12.3. The molecule has 21 aromatic rings. The standard InChI is InChI=1S/C40H20N2O2S2.C38H22O6.C36H32N2O2/c1-2-10-22-21(9-1)33-23-11-7-13-25(39-41-27-15-3-5-17-31(27)45-39)37(23)43-29-19-20-30-36(35(29)33)34(22)24-12-8-14-26(38(24)44-30)40-42-28-16-4-6-18-32(28)46-40;1-41-37(39)21-7-11-23-19(17-21)9-13-27-31(23)33-25-5-3-4-6-26(25)34-32-24-12-8-22(38(40)42-2)18-20(24)10-14-28(32)44-30-16-15-29(43-27)35(33)36(30)34;1-2-4-26-25(3-1)33-27-7-5-23(21-11-15-37-16-12-21)19-31(27)39-29-9-10-30-36(35(29)33)34(26)28-8-6-24(20-32(28)40-30)22-13-17-38-18-14-22/h1-20H;3-18H,1-2H3;1-10,19-22,37-38H,11-18H2. The Hall–Kier alpha value is -15.3. The van der Waals surface area contributed by atoms with E-state index in [2.05, 4.69) is 217 Å². The Morgan fingerprint density at radius 2 is 0.623 bits per heavy atom. The van der Waals surface area contributed by atoms with Gasteiger partial charge < -0.3 is 48.5 Å². The molecule has 0 amide bonds. The number of hydrogen-bond donors (Lipinski definition) is 2. The molecule has 16 heteroatoms. The van der Waals surface area contributed by atoms with E-state index in [0.29, 0.717) is 23.0 Å². The summed E-state index contributed by atoms with van der Waals surface area (Å²) in [6, 6.07) is 101. The highest BCUT2D eigenvalue weighted by Gasteiger charge is 2.39. The minimum atomic E-state index is -0.378. The van der Waals surface area contributed by atoms with Crippen LogP contribution in [0.15, 0.2) is 291 Å². The van der Waals surface area contributed by atoms with Crippen molar-refractivity contribution in [3.05, 3.63) is 313 Å². The second-order valence-corrected chi connectivity index (χ2v) is 36.6. The van der Waals surface area contributed by atoms with Gasteiger partial charge in [-0.2, -0.15) is 0 Å². The van der Waals surface area contributed by atoms with Crippen molar-refractivity contribution in [3.8, 4) is 157 Å². The lowest BCUT2D eigenvalue weighted by Gasteiger charge is -2.31. The van der Waals surface area contributed by atoms with Gasteiger partial charge in [0, 0.05) is 99.1 Å². The molecule has 0 unspecified atom stereocenters. The predicted octanol–water partition coefficient (Wildman–Crippen LogP) is 30.0. The first kappa shape index (κ1) is 74.9. The normalized spacial score (nSPS) is 14.3. The molecule has 0 saturated carbocycles. The van der Waals surface area contributed by atoms with Crippen LogP contribution in [0.25, 0.3) is 195 Å². The van der Waals surface area contributed by atoms with Gasteiger partial charge in [-0.25, -0.2) is 19.6 Å². The molecule has 622 valence electrons. The van der Waals surface area contributed by atoms with Crippen molar-refractivity contribution in [2.45, 2.75) is 37.5 Å². The first-order chi connectivity index (χ1) is 64.2. The third-order valence-electron chi connectivity index (χ3n) is 27.7. The zero-order valence-electron chi connectivity index (χ0n) is 70.3. The highest BCUT2D eigenvalue weighted by atomic mass is 32.1. The number of para-hydroxylation sites is 4. The van der Waals surface area contributed by atoms with E-state index in [1.54, 1.807) is 34.8 Å². The smallest absolute Gasteiger partial charge is 0.337 e.